The van der Waals surface area contributed by atoms with Gasteiger partial charge in [0.15, 0.2) is 5.43 Å². The second kappa shape index (κ2) is 8.60. The maximum Gasteiger partial charge on any atom is 0.355 e. The van der Waals surface area contributed by atoms with Gasteiger partial charge in [0.1, 0.15) is 5.69 Å². The first kappa shape index (κ1) is 18.8. The molecule has 140 valence electrons. The fraction of sp³-hybridized carbons (Fsp3) is 0.286. The lowest BCUT2D eigenvalue weighted by atomic mass is 10.1. The summed E-state index contributed by atoms with van der Waals surface area (Å²) >= 11 is 0. The van der Waals surface area contributed by atoms with Crippen LogP contribution in [0.2, 0.25) is 0 Å². The maximum absolute atomic E-state index is 13.0. The molecule has 0 amide bonds. The van der Waals surface area contributed by atoms with Crippen molar-refractivity contribution >= 4 is 16.9 Å². The van der Waals surface area contributed by atoms with E-state index >= 15 is 0 Å². The number of aromatic nitrogens is 2. The number of nitrogens with one attached hydrogen (secondary N) is 1. The van der Waals surface area contributed by atoms with Gasteiger partial charge in [-0.15, -0.1) is 0 Å². The monoisotopic (exact) mass is 365 g/mol. The number of hydrogen-bond acceptors (Lipinski definition) is 5. The molecule has 0 unspecified atom stereocenters. The Hall–Kier alpha value is -2.99. The number of aromatic amines is 1. The molecule has 0 radical (unpaired) electrons. The number of benzene rings is 1. The van der Waals surface area contributed by atoms with Gasteiger partial charge in [-0.25, -0.2) is 4.79 Å². The first-order valence-corrected chi connectivity index (χ1v) is 8.98. The molecule has 6 nitrogen and oxygen atoms in total. The van der Waals surface area contributed by atoms with Crippen molar-refractivity contribution in [1.82, 2.24) is 14.9 Å². The van der Waals surface area contributed by atoms with Gasteiger partial charge in [-0.3, -0.25) is 9.78 Å². The molecule has 1 aromatic carbocycles. The standard InChI is InChI=1S/C21H23N3O3/c1-3-27-21(26)19-17(20(25)16-6-4-5-7-18(16)23-19)14-24(2)13-10-15-8-11-22-12-9-15/h4-9,11-12H,3,10,13-14H2,1-2H3,(H,23,25). The summed E-state index contributed by atoms with van der Waals surface area (Å²) in [5, 5.41) is 0.572. The zero-order valence-corrected chi connectivity index (χ0v) is 15.6. The normalized spacial score (nSPS) is 11.1. The minimum absolute atomic E-state index is 0.136. The quantitative estimate of drug-likeness (QED) is 0.652. The summed E-state index contributed by atoms with van der Waals surface area (Å²) in [5.41, 5.74) is 2.34. The fourth-order valence-electron chi connectivity index (χ4n) is 3.02. The average molecular weight is 365 g/mol. The highest BCUT2D eigenvalue weighted by atomic mass is 16.5. The van der Waals surface area contributed by atoms with Crippen molar-refractivity contribution < 1.29 is 9.53 Å². The van der Waals surface area contributed by atoms with Crippen LogP contribution in [0, 0.1) is 0 Å². The third kappa shape index (κ3) is 4.41. The predicted molar refractivity (Wildman–Crippen MR) is 105 cm³/mol. The maximum atomic E-state index is 13.0. The van der Waals surface area contributed by atoms with Crippen molar-refractivity contribution in [1.29, 1.82) is 0 Å². The SMILES string of the molecule is CCOC(=O)c1[nH]c2ccccc2c(=O)c1CN(C)CCc1ccncc1. The van der Waals surface area contributed by atoms with Crippen molar-refractivity contribution in [2.75, 3.05) is 20.2 Å². The molecule has 27 heavy (non-hydrogen) atoms. The molecule has 0 fully saturated rings. The van der Waals surface area contributed by atoms with Gasteiger partial charge in [0, 0.05) is 41.9 Å². The van der Waals surface area contributed by atoms with E-state index in [1.807, 2.05) is 36.2 Å². The summed E-state index contributed by atoms with van der Waals surface area (Å²) in [4.78, 5) is 34.5. The van der Waals surface area contributed by atoms with E-state index in [0.29, 0.717) is 23.0 Å². The molecule has 3 aromatic rings. The number of ether oxygens (including phenoxy) is 1. The summed E-state index contributed by atoms with van der Waals surface area (Å²) in [5.74, 6) is -0.502. The summed E-state index contributed by atoms with van der Waals surface area (Å²) in [7, 11) is 1.94. The molecule has 0 atom stereocenters. The number of hydrogen-bond donors (Lipinski definition) is 1. The Morgan fingerprint density at radius 3 is 2.67 bits per heavy atom. The molecule has 0 aliphatic carbocycles. The van der Waals surface area contributed by atoms with Crippen LogP contribution in [0.25, 0.3) is 10.9 Å². The average Bonchev–Trinajstić information content (AvgIpc) is 2.69. The molecule has 1 N–H and O–H groups in total. The van der Waals surface area contributed by atoms with Crippen LogP contribution >= 0.6 is 0 Å². The van der Waals surface area contributed by atoms with Crippen LogP contribution in [-0.4, -0.2) is 41.0 Å². The van der Waals surface area contributed by atoms with Crippen molar-refractivity contribution in [3.8, 4) is 0 Å². The van der Waals surface area contributed by atoms with E-state index in [1.165, 1.54) is 5.56 Å². The number of nitrogens with zero attached hydrogens (tertiary/aromatic N) is 2. The van der Waals surface area contributed by atoms with Crippen LogP contribution in [0.5, 0.6) is 0 Å². The van der Waals surface area contributed by atoms with Gasteiger partial charge in [-0.2, -0.15) is 0 Å². The highest BCUT2D eigenvalue weighted by Crippen LogP contribution is 2.14. The lowest BCUT2D eigenvalue weighted by Gasteiger charge is -2.18. The zero-order valence-electron chi connectivity index (χ0n) is 15.6. The summed E-state index contributed by atoms with van der Waals surface area (Å²) < 4.78 is 5.15. The lowest BCUT2D eigenvalue weighted by molar-refractivity contribution is 0.0517. The van der Waals surface area contributed by atoms with Gasteiger partial charge in [0.2, 0.25) is 0 Å². The number of carbonyl (C=O) groups is 1. The van der Waals surface area contributed by atoms with Crippen molar-refractivity contribution in [3.63, 3.8) is 0 Å². The first-order chi connectivity index (χ1) is 13.1. The molecule has 0 aliphatic heterocycles. The molecule has 3 rings (SSSR count). The Morgan fingerprint density at radius 1 is 1.19 bits per heavy atom. The first-order valence-electron chi connectivity index (χ1n) is 8.98. The highest BCUT2D eigenvalue weighted by molar-refractivity contribution is 5.92. The van der Waals surface area contributed by atoms with Gasteiger partial charge in [0.05, 0.1) is 6.61 Å². The van der Waals surface area contributed by atoms with Crippen LogP contribution in [0.15, 0.2) is 53.6 Å². The summed E-state index contributed by atoms with van der Waals surface area (Å²) in [6.07, 6.45) is 4.36. The summed E-state index contributed by atoms with van der Waals surface area (Å²) in [6, 6.07) is 11.1. The van der Waals surface area contributed by atoms with Gasteiger partial charge in [0.25, 0.3) is 0 Å². The largest absolute Gasteiger partial charge is 0.461 e. The molecule has 0 spiro atoms. The van der Waals surface area contributed by atoms with Crippen LogP contribution in [0.4, 0.5) is 0 Å². The minimum atomic E-state index is -0.502. The number of pyridine rings is 2. The Labute approximate surface area is 157 Å². The topological polar surface area (TPSA) is 75.3 Å². The van der Waals surface area contributed by atoms with Crippen LogP contribution in [-0.2, 0) is 17.7 Å². The minimum Gasteiger partial charge on any atom is -0.461 e. The molecule has 0 aliphatic rings. The molecule has 6 heteroatoms. The van der Waals surface area contributed by atoms with E-state index in [-0.39, 0.29) is 17.7 Å². The van der Waals surface area contributed by atoms with Crippen LogP contribution < -0.4 is 5.43 Å². The van der Waals surface area contributed by atoms with Crippen LogP contribution in [0.3, 0.4) is 0 Å². The van der Waals surface area contributed by atoms with Crippen LogP contribution in [0.1, 0.15) is 28.5 Å². The number of rotatable bonds is 7. The number of fused-ring (bicyclic) bond motifs is 1. The van der Waals surface area contributed by atoms with Crippen molar-refractivity contribution in [3.05, 3.63) is 75.8 Å². The summed E-state index contributed by atoms with van der Waals surface area (Å²) in [6.45, 7) is 3.11. The molecule has 0 saturated heterocycles. The van der Waals surface area contributed by atoms with E-state index in [2.05, 4.69) is 9.97 Å². The Bertz CT molecular complexity index is 983. The number of esters is 1. The van der Waals surface area contributed by atoms with E-state index in [4.69, 9.17) is 4.74 Å². The smallest absolute Gasteiger partial charge is 0.355 e. The second-order valence-corrected chi connectivity index (χ2v) is 6.42. The lowest BCUT2D eigenvalue weighted by Crippen LogP contribution is -2.28. The second-order valence-electron chi connectivity index (χ2n) is 6.42. The number of H-pyrrole nitrogens is 1. The van der Waals surface area contributed by atoms with E-state index in [1.54, 1.807) is 31.5 Å². The van der Waals surface area contributed by atoms with Crippen molar-refractivity contribution in [2.45, 2.75) is 19.9 Å². The van der Waals surface area contributed by atoms with Gasteiger partial charge in [-0.05, 0) is 50.2 Å². The van der Waals surface area contributed by atoms with E-state index < -0.39 is 5.97 Å². The fourth-order valence-corrected chi connectivity index (χ4v) is 3.02. The molecule has 2 heterocycles. The Kier molecular flexibility index (Phi) is 5.98. The zero-order chi connectivity index (χ0) is 19.2. The predicted octanol–water partition coefficient (Wildman–Crippen LogP) is 2.77. The van der Waals surface area contributed by atoms with Gasteiger partial charge < -0.3 is 14.6 Å². The highest BCUT2D eigenvalue weighted by Gasteiger charge is 2.20. The van der Waals surface area contributed by atoms with Gasteiger partial charge in [-0.1, -0.05) is 12.1 Å². The molecule has 0 saturated carbocycles. The molecule has 2 aromatic heterocycles. The Balaban J connectivity index is 1.89. The molecule has 0 bridgehead atoms. The van der Waals surface area contributed by atoms with Gasteiger partial charge >= 0.3 is 5.97 Å². The Morgan fingerprint density at radius 2 is 1.93 bits per heavy atom. The third-order valence-electron chi connectivity index (χ3n) is 4.45. The number of carbonyl (C=O) groups excluding carboxylic acids is 1. The molecular weight excluding hydrogens is 342 g/mol. The van der Waals surface area contributed by atoms with E-state index in [9.17, 15) is 9.59 Å². The molecular formula is C21H23N3O3. The number of para-hydroxylation sites is 1. The van der Waals surface area contributed by atoms with E-state index in [0.717, 1.165) is 13.0 Å². The van der Waals surface area contributed by atoms with Crippen molar-refractivity contribution in [2.24, 2.45) is 0 Å². The third-order valence-corrected chi connectivity index (χ3v) is 4.45. The number of likely N-dealkylation sites (N-methyl/N-ethyl adjacent to an activating group) is 1.